The van der Waals surface area contributed by atoms with Gasteiger partial charge in [-0.1, -0.05) is 11.6 Å². The Bertz CT molecular complexity index is 307. The van der Waals surface area contributed by atoms with Crippen molar-refractivity contribution in [2.45, 2.75) is 12.5 Å². The molecule has 0 amide bonds. The summed E-state index contributed by atoms with van der Waals surface area (Å²) >= 11 is 5.50. The maximum absolute atomic E-state index is 12.9. The highest BCUT2D eigenvalue weighted by atomic mass is 35.5. The van der Waals surface area contributed by atoms with Crippen LogP contribution in [0, 0.1) is 5.82 Å². The molecule has 0 aromatic heterocycles. The fraction of sp³-hybridized carbons (Fsp3) is 0.250. The number of halogens is 5. The Hall–Kier alpha value is -0.450. The average Bonchev–Trinajstić information content (AvgIpc) is 2.08. The summed E-state index contributed by atoms with van der Waals surface area (Å²) in [7, 11) is 0. The molecule has 1 atom stereocenters. The van der Waals surface area contributed by atoms with Gasteiger partial charge in [-0.05, 0) is 18.2 Å². The monoisotopic (exact) mass is 245 g/mol. The normalized spacial score (nSPS) is 12.4. The highest BCUT2D eigenvalue weighted by Gasteiger charge is 2.20. The maximum Gasteiger partial charge on any atom is 0.257 e. The number of hydrogen-bond donors (Lipinski definition) is 1. The van der Waals surface area contributed by atoms with Crippen molar-refractivity contribution in [1.29, 1.82) is 0 Å². The van der Waals surface area contributed by atoms with E-state index < -0.39 is 18.3 Å². The number of hydrogen-bond acceptors (Lipinski definition) is 1. The largest absolute Gasteiger partial charge is 0.319 e. The predicted molar refractivity (Wildman–Crippen MR) is 51.6 cm³/mol. The summed E-state index contributed by atoms with van der Waals surface area (Å²) in [4.78, 5) is 0. The first-order valence-electron chi connectivity index (χ1n) is 3.51. The van der Waals surface area contributed by atoms with Crippen LogP contribution in [0.25, 0.3) is 0 Å². The van der Waals surface area contributed by atoms with Crippen LogP contribution in [0.3, 0.4) is 0 Å². The lowest BCUT2D eigenvalue weighted by atomic mass is 10.1. The van der Waals surface area contributed by atoms with Crippen molar-refractivity contribution < 1.29 is 13.2 Å². The lowest BCUT2D eigenvalue weighted by molar-refractivity contribution is 0.115. The molecule has 0 spiro atoms. The van der Waals surface area contributed by atoms with Gasteiger partial charge in [-0.2, -0.15) is 0 Å². The lowest BCUT2D eigenvalue weighted by Crippen LogP contribution is -2.20. The highest BCUT2D eigenvalue weighted by molar-refractivity contribution is 6.30. The van der Waals surface area contributed by atoms with E-state index in [2.05, 4.69) is 0 Å². The van der Waals surface area contributed by atoms with Crippen LogP contribution < -0.4 is 5.73 Å². The number of benzene rings is 1. The van der Waals surface area contributed by atoms with Gasteiger partial charge in [-0.3, -0.25) is 0 Å². The Morgan fingerprint density at radius 2 is 1.86 bits per heavy atom. The molecule has 0 saturated heterocycles. The van der Waals surface area contributed by atoms with Crippen LogP contribution in [-0.4, -0.2) is 6.43 Å². The van der Waals surface area contributed by atoms with Gasteiger partial charge in [0, 0.05) is 10.6 Å². The molecule has 0 heterocycles. The molecule has 0 unspecified atom stereocenters. The zero-order chi connectivity index (χ0) is 10.0. The zero-order valence-corrected chi connectivity index (χ0v) is 8.46. The Morgan fingerprint density at radius 1 is 1.29 bits per heavy atom. The summed E-state index contributed by atoms with van der Waals surface area (Å²) in [6, 6.07) is 1.77. The number of rotatable bonds is 2. The molecule has 1 aromatic rings. The summed E-state index contributed by atoms with van der Waals surface area (Å²) in [6.07, 6.45) is -2.80. The third-order valence-electron chi connectivity index (χ3n) is 1.59. The molecule has 1 rings (SSSR count). The van der Waals surface area contributed by atoms with Crippen molar-refractivity contribution in [2.24, 2.45) is 5.73 Å². The van der Waals surface area contributed by atoms with Crippen molar-refractivity contribution in [3.8, 4) is 0 Å². The number of nitrogens with two attached hydrogens (primary N) is 1. The van der Waals surface area contributed by atoms with Crippen molar-refractivity contribution in [1.82, 2.24) is 0 Å². The Labute approximate surface area is 90.5 Å². The molecule has 0 fully saturated rings. The van der Waals surface area contributed by atoms with E-state index in [9.17, 15) is 13.2 Å². The van der Waals surface area contributed by atoms with Crippen LogP contribution >= 0.6 is 24.0 Å². The van der Waals surface area contributed by atoms with Gasteiger partial charge in [-0.25, -0.2) is 13.2 Å². The van der Waals surface area contributed by atoms with E-state index in [1.165, 1.54) is 6.07 Å². The van der Waals surface area contributed by atoms with E-state index in [1.54, 1.807) is 0 Å². The van der Waals surface area contributed by atoms with Gasteiger partial charge < -0.3 is 5.73 Å². The molecule has 0 aliphatic carbocycles. The van der Waals surface area contributed by atoms with Gasteiger partial charge >= 0.3 is 0 Å². The van der Waals surface area contributed by atoms with Gasteiger partial charge in [0.05, 0.1) is 6.04 Å². The van der Waals surface area contributed by atoms with Crippen LogP contribution in [0.5, 0.6) is 0 Å². The first-order valence-corrected chi connectivity index (χ1v) is 3.89. The van der Waals surface area contributed by atoms with Crippen molar-refractivity contribution in [2.75, 3.05) is 0 Å². The van der Waals surface area contributed by atoms with Crippen LogP contribution in [0.2, 0.25) is 5.02 Å². The van der Waals surface area contributed by atoms with Crippen LogP contribution in [0.15, 0.2) is 18.2 Å². The van der Waals surface area contributed by atoms with E-state index in [4.69, 9.17) is 17.3 Å². The molecule has 0 bridgehead atoms. The fourth-order valence-corrected chi connectivity index (χ4v) is 1.09. The average molecular weight is 246 g/mol. The van der Waals surface area contributed by atoms with Gasteiger partial charge in [0.15, 0.2) is 0 Å². The molecule has 2 N–H and O–H groups in total. The quantitative estimate of drug-likeness (QED) is 0.852. The summed E-state index contributed by atoms with van der Waals surface area (Å²) < 4.78 is 37.1. The molecule has 0 aliphatic rings. The third kappa shape index (κ3) is 3.04. The SMILES string of the molecule is Cl.N[C@H](c1cc(Cl)ccc1F)C(F)F. The van der Waals surface area contributed by atoms with Gasteiger partial charge in [0.25, 0.3) is 6.43 Å². The summed E-state index contributed by atoms with van der Waals surface area (Å²) in [5.41, 5.74) is 4.80. The second-order valence-electron chi connectivity index (χ2n) is 2.53. The minimum Gasteiger partial charge on any atom is -0.319 e. The minimum atomic E-state index is -2.80. The zero-order valence-electron chi connectivity index (χ0n) is 6.88. The van der Waals surface area contributed by atoms with Gasteiger partial charge in [0.2, 0.25) is 0 Å². The number of alkyl halides is 2. The van der Waals surface area contributed by atoms with Crippen molar-refractivity contribution in [3.05, 3.63) is 34.6 Å². The molecule has 1 aromatic carbocycles. The van der Waals surface area contributed by atoms with Crippen molar-refractivity contribution >= 4 is 24.0 Å². The van der Waals surface area contributed by atoms with Crippen LogP contribution in [0.1, 0.15) is 11.6 Å². The molecule has 14 heavy (non-hydrogen) atoms. The van der Waals surface area contributed by atoms with Gasteiger partial charge in [-0.15, -0.1) is 12.4 Å². The summed E-state index contributed by atoms with van der Waals surface area (Å²) in [5, 5.41) is 0.188. The smallest absolute Gasteiger partial charge is 0.257 e. The molecule has 80 valence electrons. The molecular weight excluding hydrogens is 238 g/mol. The Kier molecular flexibility index (Phi) is 5.26. The minimum absolute atomic E-state index is 0. The maximum atomic E-state index is 12.9. The molecule has 1 nitrogen and oxygen atoms in total. The lowest BCUT2D eigenvalue weighted by Gasteiger charge is -2.11. The third-order valence-corrected chi connectivity index (χ3v) is 1.82. The summed E-state index contributed by atoms with van der Waals surface area (Å²) in [6.45, 7) is 0. The molecule has 0 radical (unpaired) electrons. The topological polar surface area (TPSA) is 26.0 Å². The molecule has 0 saturated carbocycles. The molecular formula is C8H8Cl2F3N. The highest BCUT2D eigenvalue weighted by Crippen LogP contribution is 2.23. The molecule has 6 heteroatoms. The van der Waals surface area contributed by atoms with E-state index in [0.29, 0.717) is 0 Å². The van der Waals surface area contributed by atoms with Crippen LogP contribution in [-0.2, 0) is 0 Å². The molecule has 0 aliphatic heterocycles. The Balaban J connectivity index is 0.00000169. The van der Waals surface area contributed by atoms with Crippen molar-refractivity contribution in [3.63, 3.8) is 0 Å². The first-order chi connectivity index (χ1) is 6.02. The van der Waals surface area contributed by atoms with E-state index >= 15 is 0 Å². The van der Waals surface area contributed by atoms with E-state index in [0.717, 1.165) is 12.1 Å². The Morgan fingerprint density at radius 3 is 2.36 bits per heavy atom. The fourth-order valence-electron chi connectivity index (χ4n) is 0.906. The van der Waals surface area contributed by atoms with Crippen LogP contribution in [0.4, 0.5) is 13.2 Å². The second-order valence-corrected chi connectivity index (χ2v) is 2.96. The second kappa shape index (κ2) is 5.44. The summed E-state index contributed by atoms with van der Waals surface area (Å²) in [5.74, 6) is -0.766. The standard InChI is InChI=1S/C8H7ClF3N.ClH/c9-4-1-2-6(10)5(3-4)7(13)8(11)12;/h1-3,7-8H,13H2;1H/t7-;/m1./s1. The van der Waals surface area contributed by atoms with E-state index in [-0.39, 0.29) is 23.0 Å². The predicted octanol–water partition coefficient (Wildman–Crippen LogP) is 3.17. The van der Waals surface area contributed by atoms with E-state index in [1.807, 2.05) is 0 Å². The first kappa shape index (κ1) is 13.5. The van der Waals surface area contributed by atoms with Gasteiger partial charge in [0.1, 0.15) is 5.82 Å².